The van der Waals surface area contributed by atoms with E-state index in [1.54, 1.807) is 30.2 Å². The van der Waals surface area contributed by atoms with Gasteiger partial charge >= 0.3 is 0 Å². The van der Waals surface area contributed by atoms with Gasteiger partial charge in [-0.3, -0.25) is 4.68 Å². The summed E-state index contributed by atoms with van der Waals surface area (Å²) in [5, 5.41) is 4.78. The van der Waals surface area contributed by atoms with Crippen LogP contribution in [0.4, 0.5) is 0 Å². The molecule has 0 aliphatic carbocycles. The molecule has 0 saturated carbocycles. The fraction of sp³-hybridized carbons (Fsp3) is 0.125. The summed E-state index contributed by atoms with van der Waals surface area (Å²) >= 11 is 5.84. The van der Waals surface area contributed by atoms with Gasteiger partial charge in [-0.25, -0.2) is 9.97 Å². The van der Waals surface area contributed by atoms with Crippen LogP contribution in [-0.2, 0) is 7.05 Å². The van der Waals surface area contributed by atoms with Crippen molar-refractivity contribution in [3.8, 4) is 11.3 Å². The van der Waals surface area contributed by atoms with Crippen LogP contribution in [0, 0.1) is 0 Å². The zero-order chi connectivity index (χ0) is 9.26. The molecule has 0 N–H and O–H groups in total. The van der Waals surface area contributed by atoms with E-state index in [-0.39, 0.29) is 0 Å². The summed E-state index contributed by atoms with van der Waals surface area (Å²) in [6, 6.07) is 1.78. The highest BCUT2D eigenvalue weighted by Crippen LogP contribution is 2.18. The molecule has 2 heterocycles. The second kappa shape index (κ2) is 3.14. The van der Waals surface area contributed by atoms with Crippen molar-refractivity contribution in [3.63, 3.8) is 0 Å². The lowest BCUT2D eigenvalue weighted by Crippen LogP contribution is -1.90. The third kappa shape index (κ3) is 1.53. The van der Waals surface area contributed by atoms with Crippen LogP contribution in [0.25, 0.3) is 11.3 Å². The van der Waals surface area contributed by atoms with E-state index >= 15 is 0 Å². The Bertz CT molecular complexity index is 390. The first-order valence-corrected chi connectivity index (χ1v) is 4.10. The molecule has 0 atom stereocenters. The smallest absolute Gasteiger partial charge is 0.127 e. The van der Waals surface area contributed by atoms with Crippen molar-refractivity contribution in [2.45, 2.75) is 0 Å². The van der Waals surface area contributed by atoms with E-state index in [0.29, 0.717) is 5.15 Å². The van der Waals surface area contributed by atoms with Gasteiger partial charge in [0.05, 0.1) is 5.69 Å². The Labute approximate surface area is 80.2 Å². The van der Waals surface area contributed by atoms with Crippen molar-refractivity contribution < 1.29 is 0 Å². The molecule has 0 spiro atoms. The normalized spacial score (nSPS) is 10.3. The maximum atomic E-state index is 5.84. The molecule has 66 valence electrons. The van der Waals surface area contributed by atoms with E-state index in [0.717, 1.165) is 11.3 Å². The number of halogens is 1. The van der Waals surface area contributed by atoms with Crippen LogP contribution in [0.1, 0.15) is 0 Å². The van der Waals surface area contributed by atoms with Crippen molar-refractivity contribution in [1.29, 1.82) is 0 Å². The highest BCUT2D eigenvalue weighted by atomic mass is 35.5. The lowest BCUT2D eigenvalue weighted by Gasteiger charge is -1.91. The standard InChI is InChI=1S/C8H7ClN4/c1-13-8(9)2-7(12-13)6-3-10-5-11-4-6/h2-5H,1H3. The second-order valence-electron chi connectivity index (χ2n) is 2.60. The first kappa shape index (κ1) is 8.19. The quantitative estimate of drug-likeness (QED) is 0.692. The van der Waals surface area contributed by atoms with Gasteiger partial charge in [0.15, 0.2) is 0 Å². The molecule has 0 saturated heterocycles. The van der Waals surface area contributed by atoms with Gasteiger partial charge in [0.1, 0.15) is 11.5 Å². The van der Waals surface area contributed by atoms with Crippen molar-refractivity contribution >= 4 is 11.6 Å². The highest BCUT2D eigenvalue weighted by molar-refractivity contribution is 6.29. The minimum atomic E-state index is 0.596. The Morgan fingerprint density at radius 3 is 2.54 bits per heavy atom. The molecule has 0 fully saturated rings. The Hall–Kier alpha value is -1.42. The van der Waals surface area contributed by atoms with E-state index < -0.39 is 0 Å². The number of aromatic nitrogens is 4. The van der Waals surface area contributed by atoms with Crippen LogP contribution in [0.2, 0.25) is 5.15 Å². The largest absolute Gasteiger partial charge is 0.256 e. The molecular weight excluding hydrogens is 188 g/mol. The van der Waals surface area contributed by atoms with Gasteiger partial charge in [0.25, 0.3) is 0 Å². The summed E-state index contributed by atoms with van der Waals surface area (Å²) in [6.07, 6.45) is 4.88. The minimum absolute atomic E-state index is 0.596. The minimum Gasteiger partial charge on any atom is -0.256 e. The average molecular weight is 195 g/mol. The summed E-state index contributed by atoms with van der Waals surface area (Å²) in [5.74, 6) is 0. The van der Waals surface area contributed by atoms with E-state index in [4.69, 9.17) is 11.6 Å². The van der Waals surface area contributed by atoms with Gasteiger partial charge in [-0.2, -0.15) is 5.10 Å². The number of nitrogens with zero attached hydrogens (tertiary/aromatic N) is 4. The molecule has 0 unspecified atom stereocenters. The lowest BCUT2D eigenvalue weighted by atomic mass is 10.2. The fourth-order valence-corrected chi connectivity index (χ4v) is 1.16. The number of hydrogen-bond donors (Lipinski definition) is 0. The van der Waals surface area contributed by atoms with E-state index in [2.05, 4.69) is 15.1 Å². The van der Waals surface area contributed by atoms with Crippen LogP contribution in [0.3, 0.4) is 0 Å². The van der Waals surface area contributed by atoms with Gasteiger partial charge in [-0.1, -0.05) is 11.6 Å². The third-order valence-electron chi connectivity index (χ3n) is 1.68. The SMILES string of the molecule is Cn1nc(-c2cncnc2)cc1Cl. The van der Waals surface area contributed by atoms with Crippen LogP contribution in [0.15, 0.2) is 24.8 Å². The zero-order valence-electron chi connectivity index (χ0n) is 6.98. The Morgan fingerprint density at radius 1 is 1.31 bits per heavy atom. The Kier molecular flexibility index (Phi) is 1.98. The Morgan fingerprint density at radius 2 is 2.00 bits per heavy atom. The van der Waals surface area contributed by atoms with Gasteiger partial charge in [0, 0.05) is 31.1 Å². The van der Waals surface area contributed by atoms with Crippen molar-refractivity contribution in [2.75, 3.05) is 0 Å². The van der Waals surface area contributed by atoms with Crippen LogP contribution < -0.4 is 0 Å². The molecule has 0 radical (unpaired) electrons. The zero-order valence-corrected chi connectivity index (χ0v) is 7.73. The molecule has 0 aliphatic rings. The molecule has 0 amide bonds. The maximum absolute atomic E-state index is 5.84. The predicted molar refractivity (Wildman–Crippen MR) is 49.2 cm³/mol. The molecule has 2 aromatic rings. The van der Waals surface area contributed by atoms with E-state index in [1.807, 2.05) is 0 Å². The monoisotopic (exact) mass is 194 g/mol. The van der Waals surface area contributed by atoms with Gasteiger partial charge in [-0.15, -0.1) is 0 Å². The summed E-state index contributed by atoms with van der Waals surface area (Å²) in [4.78, 5) is 7.79. The Balaban J connectivity index is 2.48. The number of rotatable bonds is 1. The first-order valence-electron chi connectivity index (χ1n) is 3.72. The van der Waals surface area contributed by atoms with Gasteiger partial charge in [0.2, 0.25) is 0 Å². The predicted octanol–water partition coefficient (Wildman–Crippen LogP) is 1.53. The molecule has 13 heavy (non-hydrogen) atoms. The summed E-state index contributed by atoms with van der Waals surface area (Å²) in [5.41, 5.74) is 1.65. The molecule has 2 rings (SSSR count). The van der Waals surface area contributed by atoms with Crippen LogP contribution in [-0.4, -0.2) is 19.7 Å². The van der Waals surface area contributed by atoms with E-state index in [1.165, 1.54) is 6.33 Å². The highest BCUT2D eigenvalue weighted by Gasteiger charge is 2.04. The van der Waals surface area contributed by atoms with E-state index in [9.17, 15) is 0 Å². The molecular formula is C8H7ClN4. The summed E-state index contributed by atoms with van der Waals surface area (Å²) in [7, 11) is 1.79. The number of aryl methyl sites for hydroxylation is 1. The molecule has 0 aliphatic heterocycles. The van der Waals surface area contributed by atoms with Crippen LogP contribution in [0.5, 0.6) is 0 Å². The molecule has 2 aromatic heterocycles. The average Bonchev–Trinajstić information content (AvgIpc) is 2.49. The van der Waals surface area contributed by atoms with Crippen molar-refractivity contribution in [2.24, 2.45) is 7.05 Å². The summed E-state index contributed by atoms with van der Waals surface area (Å²) < 4.78 is 1.60. The van der Waals surface area contributed by atoms with Crippen LogP contribution >= 0.6 is 11.6 Å². The van der Waals surface area contributed by atoms with Crippen molar-refractivity contribution in [3.05, 3.63) is 29.9 Å². The summed E-state index contributed by atoms with van der Waals surface area (Å²) in [6.45, 7) is 0. The molecule has 0 bridgehead atoms. The topological polar surface area (TPSA) is 43.6 Å². The molecule has 0 aromatic carbocycles. The number of hydrogen-bond acceptors (Lipinski definition) is 3. The first-order chi connectivity index (χ1) is 6.27. The molecule has 4 nitrogen and oxygen atoms in total. The third-order valence-corrected chi connectivity index (χ3v) is 2.03. The maximum Gasteiger partial charge on any atom is 0.127 e. The lowest BCUT2D eigenvalue weighted by molar-refractivity contribution is 0.771. The van der Waals surface area contributed by atoms with Crippen molar-refractivity contribution in [1.82, 2.24) is 19.7 Å². The fourth-order valence-electron chi connectivity index (χ4n) is 1.02. The molecule has 5 heteroatoms. The second-order valence-corrected chi connectivity index (χ2v) is 2.99. The van der Waals surface area contributed by atoms with Gasteiger partial charge < -0.3 is 0 Å². The van der Waals surface area contributed by atoms with Gasteiger partial charge in [-0.05, 0) is 0 Å².